The summed E-state index contributed by atoms with van der Waals surface area (Å²) in [6.07, 6.45) is 4.94. The molecule has 2 heterocycles. The first kappa shape index (κ1) is 11.3. The fourth-order valence-corrected chi connectivity index (χ4v) is 1.87. The van der Waals surface area contributed by atoms with E-state index < -0.39 is 0 Å². The second-order valence-corrected chi connectivity index (χ2v) is 4.08. The highest BCUT2D eigenvalue weighted by Gasteiger charge is 2.06. The third-order valence-corrected chi connectivity index (χ3v) is 2.84. The molecule has 0 saturated carbocycles. The van der Waals surface area contributed by atoms with Gasteiger partial charge in [-0.1, -0.05) is 30.3 Å². The molecule has 0 aliphatic rings. The number of aromatic amines is 1. The van der Waals surface area contributed by atoms with Gasteiger partial charge < -0.3 is 4.98 Å². The Labute approximate surface area is 109 Å². The minimum absolute atomic E-state index is 0.145. The van der Waals surface area contributed by atoms with Crippen molar-refractivity contribution in [2.75, 3.05) is 0 Å². The predicted octanol–water partition coefficient (Wildman–Crippen LogP) is 2.50. The Morgan fingerprint density at radius 2 is 1.63 bits per heavy atom. The number of nitrogens with one attached hydrogen (secondary N) is 1. The maximum absolute atomic E-state index is 12.1. The number of aromatic nitrogens is 3. The van der Waals surface area contributed by atoms with Gasteiger partial charge in [0.25, 0.3) is 5.56 Å². The van der Waals surface area contributed by atoms with E-state index in [1.807, 2.05) is 30.3 Å². The highest BCUT2D eigenvalue weighted by molar-refractivity contribution is 5.63. The lowest BCUT2D eigenvalue weighted by atomic mass is 10.1. The maximum atomic E-state index is 12.1. The largest absolute Gasteiger partial charge is 0.306 e. The Balaban J connectivity index is 2.07. The minimum atomic E-state index is -0.145. The summed E-state index contributed by atoms with van der Waals surface area (Å²) >= 11 is 0. The van der Waals surface area contributed by atoms with Gasteiger partial charge in [-0.3, -0.25) is 9.78 Å². The van der Waals surface area contributed by atoms with E-state index in [-0.39, 0.29) is 5.56 Å². The fraction of sp³-hybridized carbons (Fsp3) is 0. The summed E-state index contributed by atoms with van der Waals surface area (Å²) in [6, 6.07) is 13.1. The van der Waals surface area contributed by atoms with Gasteiger partial charge in [-0.15, -0.1) is 0 Å². The Bertz CT molecular complexity index is 736. The first-order valence-corrected chi connectivity index (χ1v) is 5.90. The van der Waals surface area contributed by atoms with E-state index in [4.69, 9.17) is 0 Å². The number of nitrogens with zero attached hydrogens (tertiary/aromatic N) is 2. The zero-order valence-electron chi connectivity index (χ0n) is 10.1. The van der Waals surface area contributed by atoms with Crippen LogP contribution in [-0.4, -0.2) is 15.0 Å². The van der Waals surface area contributed by atoms with Crippen molar-refractivity contribution in [1.29, 1.82) is 0 Å². The van der Waals surface area contributed by atoms with Crippen LogP contribution in [0.4, 0.5) is 0 Å². The van der Waals surface area contributed by atoms with Gasteiger partial charge in [-0.2, -0.15) is 0 Å². The number of pyridine rings is 1. The number of hydrogen-bond donors (Lipinski definition) is 1. The van der Waals surface area contributed by atoms with E-state index >= 15 is 0 Å². The summed E-state index contributed by atoms with van der Waals surface area (Å²) in [5.74, 6) is 0.548. The van der Waals surface area contributed by atoms with E-state index in [0.29, 0.717) is 11.4 Å². The maximum Gasteiger partial charge on any atom is 0.259 e. The van der Waals surface area contributed by atoms with E-state index in [2.05, 4.69) is 15.0 Å². The fourth-order valence-electron chi connectivity index (χ4n) is 1.87. The molecule has 0 atom stereocenters. The lowest BCUT2D eigenvalue weighted by molar-refractivity contribution is 1.13. The van der Waals surface area contributed by atoms with Crippen molar-refractivity contribution in [3.8, 4) is 22.5 Å². The van der Waals surface area contributed by atoms with Crippen molar-refractivity contribution in [2.24, 2.45) is 0 Å². The summed E-state index contributed by atoms with van der Waals surface area (Å²) in [6.45, 7) is 0. The molecule has 0 aliphatic heterocycles. The quantitative estimate of drug-likeness (QED) is 0.759. The van der Waals surface area contributed by atoms with Gasteiger partial charge >= 0.3 is 0 Å². The first-order chi connectivity index (χ1) is 9.34. The topological polar surface area (TPSA) is 58.6 Å². The molecule has 0 aliphatic carbocycles. The molecule has 3 aromatic rings. The molecule has 0 fully saturated rings. The van der Waals surface area contributed by atoms with Crippen molar-refractivity contribution >= 4 is 0 Å². The molecule has 0 bridgehead atoms. The van der Waals surface area contributed by atoms with Gasteiger partial charge in [-0.05, 0) is 17.7 Å². The van der Waals surface area contributed by atoms with Crippen LogP contribution in [0.2, 0.25) is 0 Å². The van der Waals surface area contributed by atoms with E-state index in [1.54, 1.807) is 30.7 Å². The summed E-state index contributed by atoms with van der Waals surface area (Å²) < 4.78 is 0. The van der Waals surface area contributed by atoms with Gasteiger partial charge in [-0.25, -0.2) is 4.98 Å². The molecule has 1 aromatic carbocycles. The van der Waals surface area contributed by atoms with Crippen molar-refractivity contribution in [3.63, 3.8) is 0 Å². The van der Waals surface area contributed by atoms with Gasteiger partial charge in [0.2, 0.25) is 0 Å². The molecule has 0 saturated heterocycles. The van der Waals surface area contributed by atoms with Crippen LogP contribution in [0, 0.1) is 0 Å². The Hall–Kier alpha value is -2.75. The second-order valence-electron chi connectivity index (χ2n) is 4.08. The van der Waals surface area contributed by atoms with Crippen molar-refractivity contribution in [3.05, 3.63) is 71.4 Å². The van der Waals surface area contributed by atoms with Crippen LogP contribution in [0.1, 0.15) is 0 Å². The summed E-state index contributed by atoms with van der Waals surface area (Å²) in [5, 5.41) is 0. The molecule has 4 nitrogen and oxygen atoms in total. The first-order valence-electron chi connectivity index (χ1n) is 5.90. The van der Waals surface area contributed by atoms with Gasteiger partial charge in [0.1, 0.15) is 5.82 Å². The smallest absolute Gasteiger partial charge is 0.259 e. The van der Waals surface area contributed by atoms with Crippen LogP contribution < -0.4 is 5.56 Å². The highest BCUT2D eigenvalue weighted by Crippen LogP contribution is 2.16. The van der Waals surface area contributed by atoms with Crippen LogP contribution in [0.5, 0.6) is 0 Å². The molecule has 19 heavy (non-hydrogen) atoms. The number of benzene rings is 1. The SMILES string of the molecule is O=c1[nH]c(-c2ccncc2)ncc1-c1ccccc1. The zero-order chi connectivity index (χ0) is 13.1. The Morgan fingerprint density at radius 1 is 0.895 bits per heavy atom. The summed E-state index contributed by atoms with van der Waals surface area (Å²) in [7, 11) is 0. The van der Waals surface area contributed by atoms with E-state index in [9.17, 15) is 4.79 Å². The molecule has 1 N–H and O–H groups in total. The van der Waals surface area contributed by atoms with Crippen molar-refractivity contribution in [2.45, 2.75) is 0 Å². The predicted molar refractivity (Wildman–Crippen MR) is 73.5 cm³/mol. The Morgan fingerprint density at radius 3 is 2.32 bits per heavy atom. The average molecular weight is 249 g/mol. The number of H-pyrrole nitrogens is 1. The van der Waals surface area contributed by atoms with Crippen LogP contribution in [0.15, 0.2) is 65.8 Å². The molecular weight excluding hydrogens is 238 g/mol. The molecule has 3 rings (SSSR count). The standard InChI is InChI=1S/C15H11N3O/c19-15-13(11-4-2-1-3-5-11)10-17-14(18-15)12-6-8-16-9-7-12/h1-10H,(H,17,18,19). The van der Waals surface area contributed by atoms with Crippen LogP contribution in [-0.2, 0) is 0 Å². The lowest BCUT2D eigenvalue weighted by Crippen LogP contribution is -2.11. The monoisotopic (exact) mass is 249 g/mol. The molecule has 2 aromatic heterocycles. The van der Waals surface area contributed by atoms with E-state index in [0.717, 1.165) is 11.1 Å². The van der Waals surface area contributed by atoms with Crippen LogP contribution >= 0.6 is 0 Å². The molecule has 0 unspecified atom stereocenters. The highest BCUT2D eigenvalue weighted by atomic mass is 16.1. The second kappa shape index (κ2) is 4.86. The summed E-state index contributed by atoms with van der Waals surface area (Å²) in [5.41, 5.74) is 2.12. The Kier molecular flexibility index (Phi) is 2.90. The van der Waals surface area contributed by atoms with Crippen molar-refractivity contribution in [1.82, 2.24) is 15.0 Å². The molecule has 0 radical (unpaired) electrons. The van der Waals surface area contributed by atoms with Gasteiger partial charge in [0.15, 0.2) is 0 Å². The third-order valence-electron chi connectivity index (χ3n) is 2.84. The minimum Gasteiger partial charge on any atom is -0.306 e. The third kappa shape index (κ3) is 2.28. The van der Waals surface area contributed by atoms with Crippen LogP contribution in [0.25, 0.3) is 22.5 Å². The lowest BCUT2D eigenvalue weighted by Gasteiger charge is -2.03. The molecular formula is C15H11N3O. The molecule has 0 amide bonds. The van der Waals surface area contributed by atoms with Crippen LogP contribution in [0.3, 0.4) is 0 Å². The molecule has 4 heteroatoms. The normalized spacial score (nSPS) is 10.3. The number of hydrogen-bond acceptors (Lipinski definition) is 3. The molecule has 92 valence electrons. The summed E-state index contributed by atoms with van der Waals surface area (Å²) in [4.78, 5) is 23.1. The molecule has 0 spiro atoms. The van der Waals surface area contributed by atoms with Gasteiger partial charge in [0.05, 0.1) is 5.56 Å². The number of rotatable bonds is 2. The average Bonchev–Trinajstić information content (AvgIpc) is 2.49. The van der Waals surface area contributed by atoms with Gasteiger partial charge in [0, 0.05) is 24.2 Å². The van der Waals surface area contributed by atoms with E-state index in [1.165, 1.54) is 0 Å². The zero-order valence-corrected chi connectivity index (χ0v) is 10.1. The van der Waals surface area contributed by atoms with Crippen molar-refractivity contribution < 1.29 is 0 Å².